The van der Waals surface area contributed by atoms with E-state index in [9.17, 15) is 9.59 Å². The summed E-state index contributed by atoms with van der Waals surface area (Å²) in [6.07, 6.45) is 4.79. The van der Waals surface area contributed by atoms with Crippen molar-refractivity contribution in [3.63, 3.8) is 0 Å². The van der Waals surface area contributed by atoms with E-state index in [2.05, 4.69) is 27.4 Å². The molecule has 2 aromatic carbocycles. The second kappa shape index (κ2) is 13.4. The summed E-state index contributed by atoms with van der Waals surface area (Å²) < 4.78 is 12.3. The second-order valence-electron chi connectivity index (χ2n) is 7.31. The molecule has 0 bridgehead atoms. The number of nitrogens with one attached hydrogen (secondary N) is 2. The molecule has 0 radical (unpaired) electrons. The van der Waals surface area contributed by atoms with E-state index < -0.39 is 0 Å². The molecule has 3 rings (SSSR count). The van der Waals surface area contributed by atoms with Crippen LogP contribution in [0.2, 0.25) is 5.02 Å². The Kier molecular flexibility index (Phi) is 9.96. The molecule has 9 nitrogen and oxygen atoms in total. The first-order valence-corrected chi connectivity index (χ1v) is 12.2. The molecule has 36 heavy (non-hydrogen) atoms. The third kappa shape index (κ3) is 7.62. The van der Waals surface area contributed by atoms with Gasteiger partial charge in [-0.2, -0.15) is 0 Å². The molecule has 0 saturated carbocycles. The van der Waals surface area contributed by atoms with Gasteiger partial charge in [0.15, 0.2) is 22.5 Å². The molecule has 0 fully saturated rings. The number of halogens is 1. The van der Waals surface area contributed by atoms with Gasteiger partial charge in [0.25, 0.3) is 0 Å². The van der Waals surface area contributed by atoms with Crippen LogP contribution in [-0.2, 0) is 22.7 Å². The molecule has 1 heterocycles. The molecule has 0 atom stereocenters. The fraction of sp³-hybridized carbons (Fsp3) is 0.200. The number of aromatic nitrogens is 3. The van der Waals surface area contributed by atoms with Crippen molar-refractivity contribution in [2.75, 3.05) is 25.3 Å². The molecular weight excluding hydrogens is 502 g/mol. The molecule has 0 saturated heterocycles. The highest BCUT2D eigenvalue weighted by atomic mass is 35.5. The van der Waals surface area contributed by atoms with Crippen LogP contribution in [0.1, 0.15) is 11.4 Å². The van der Waals surface area contributed by atoms with Crippen molar-refractivity contribution < 1.29 is 19.1 Å². The highest BCUT2D eigenvalue weighted by Gasteiger charge is 2.14. The van der Waals surface area contributed by atoms with Gasteiger partial charge in [0.2, 0.25) is 11.8 Å². The van der Waals surface area contributed by atoms with E-state index in [0.717, 1.165) is 5.56 Å². The third-order valence-corrected chi connectivity index (χ3v) is 6.04. The maximum absolute atomic E-state index is 12.4. The highest BCUT2D eigenvalue weighted by molar-refractivity contribution is 7.99. The number of methoxy groups -OCH3 is 2. The molecule has 11 heteroatoms. The number of amides is 2. The molecule has 1 aromatic heterocycles. The van der Waals surface area contributed by atoms with Crippen LogP contribution < -0.4 is 20.1 Å². The summed E-state index contributed by atoms with van der Waals surface area (Å²) in [6, 6.07) is 12.2. The van der Waals surface area contributed by atoms with Gasteiger partial charge in [-0.3, -0.25) is 9.59 Å². The van der Waals surface area contributed by atoms with E-state index in [4.69, 9.17) is 21.1 Å². The van der Waals surface area contributed by atoms with Crippen LogP contribution in [0.15, 0.2) is 66.4 Å². The Morgan fingerprint density at radius 2 is 1.86 bits per heavy atom. The highest BCUT2D eigenvalue weighted by Crippen LogP contribution is 2.28. The van der Waals surface area contributed by atoms with Gasteiger partial charge in [-0.25, -0.2) is 0 Å². The van der Waals surface area contributed by atoms with Crippen molar-refractivity contribution >= 4 is 46.9 Å². The molecule has 0 aliphatic rings. The largest absolute Gasteiger partial charge is 0.493 e. The first-order chi connectivity index (χ1) is 17.4. The van der Waals surface area contributed by atoms with E-state index in [1.807, 2.05) is 6.07 Å². The lowest BCUT2D eigenvalue weighted by Gasteiger charge is -2.09. The Morgan fingerprint density at radius 3 is 2.56 bits per heavy atom. The number of allylic oxidation sites excluding steroid dienone is 1. The predicted molar refractivity (Wildman–Crippen MR) is 141 cm³/mol. The monoisotopic (exact) mass is 527 g/mol. The number of thioether (sulfide) groups is 1. The zero-order chi connectivity index (χ0) is 25.9. The summed E-state index contributed by atoms with van der Waals surface area (Å²) in [5.41, 5.74) is 1.44. The Balaban J connectivity index is 1.56. The van der Waals surface area contributed by atoms with Crippen LogP contribution in [0.4, 0.5) is 5.69 Å². The fourth-order valence-corrected chi connectivity index (χ4v) is 3.98. The van der Waals surface area contributed by atoms with Gasteiger partial charge in [0.1, 0.15) is 0 Å². The Bertz CT molecular complexity index is 1240. The number of hydrogen-bond acceptors (Lipinski definition) is 7. The molecule has 2 amide bonds. The zero-order valence-corrected chi connectivity index (χ0v) is 21.4. The van der Waals surface area contributed by atoms with Gasteiger partial charge in [0, 0.05) is 23.3 Å². The summed E-state index contributed by atoms with van der Waals surface area (Å²) in [7, 11) is 3.11. The summed E-state index contributed by atoms with van der Waals surface area (Å²) in [4.78, 5) is 24.7. The zero-order valence-electron chi connectivity index (χ0n) is 19.9. The number of carbonyl (C=O) groups excluding carboxylic acids is 2. The molecule has 0 aliphatic heterocycles. The maximum atomic E-state index is 12.4. The maximum Gasteiger partial charge on any atom is 0.244 e. The number of anilines is 1. The van der Waals surface area contributed by atoms with Crippen LogP contribution in [0.5, 0.6) is 11.5 Å². The second-order valence-corrected chi connectivity index (χ2v) is 8.69. The number of carbonyl (C=O) groups is 2. The minimum absolute atomic E-state index is 0.137. The van der Waals surface area contributed by atoms with Gasteiger partial charge < -0.3 is 24.7 Å². The summed E-state index contributed by atoms with van der Waals surface area (Å²) >= 11 is 7.11. The fourth-order valence-electron chi connectivity index (χ4n) is 3.08. The van der Waals surface area contributed by atoms with Gasteiger partial charge in [-0.15, -0.1) is 16.8 Å². The lowest BCUT2D eigenvalue weighted by atomic mass is 10.2. The molecule has 3 aromatic rings. The number of ether oxygens (including phenoxy) is 2. The number of nitrogens with zero attached hydrogens (tertiary/aromatic N) is 3. The van der Waals surface area contributed by atoms with Crippen molar-refractivity contribution in [1.29, 1.82) is 0 Å². The predicted octanol–water partition coefficient (Wildman–Crippen LogP) is 4.20. The third-order valence-electron chi connectivity index (χ3n) is 4.82. The lowest BCUT2D eigenvalue weighted by Crippen LogP contribution is -2.23. The van der Waals surface area contributed by atoms with E-state index in [1.54, 1.807) is 67.3 Å². The van der Waals surface area contributed by atoms with E-state index in [1.165, 1.54) is 17.8 Å². The minimum Gasteiger partial charge on any atom is -0.493 e. The Morgan fingerprint density at radius 1 is 1.11 bits per heavy atom. The molecular formula is C25H26ClN5O4S. The molecule has 0 spiro atoms. The Hall–Kier alpha value is -3.76. The van der Waals surface area contributed by atoms with E-state index >= 15 is 0 Å². The topological polar surface area (TPSA) is 107 Å². The average Bonchev–Trinajstić information content (AvgIpc) is 3.27. The number of hydrogen-bond donors (Lipinski definition) is 2. The van der Waals surface area contributed by atoms with Crippen molar-refractivity contribution in [1.82, 2.24) is 20.1 Å². The van der Waals surface area contributed by atoms with Crippen molar-refractivity contribution in [3.8, 4) is 11.5 Å². The van der Waals surface area contributed by atoms with Crippen LogP contribution in [0.25, 0.3) is 6.08 Å². The van der Waals surface area contributed by atoms with Gasteiger partial charge >= 0.3 is 0 Å². The first kappa shape index (κ1) is 26.8. The molecule has 0 aliphatic carbocycles. The summed E-state index contributed by atoms with van der Waals surface area (Å²) in [5, 5.41) is 15.1. The van der Waals surface area contributed by atoms with Gasteiger partial charge in [-0.1, -0.05) is 35.5 Å². The smallest absolute Gasteiger partial charge is 0.244 e. The van der Waals surface area contributed by atoms with Crippen LogP contribution in [0.3, 0.4) is 0 Å². The summed E-state index contributed by atoms with van der Waals surface area (Å²) in [6.45, 7) is 4.36. The normalized spacial score (nSPS) is 10.8. The van der Waals surface area contributed by atoms with Crippen molar-refractivity contribution in [2.24, 2.45) is 0 Å². The van der Waals surface area contributed by atoms with Crippen LogP contribution in [0, 0.1) is 0 Å². The van der Waals surface area contributed by atoms with E-state index in [0.29, 0.717) is 39.7 Å². The quantitative estimate of drug-likeness (QED) is 0.206. The first-order valence-electron chi connectivity index (χ1n) is 10.8. The van der Waals surface area contributed by atoms with Crippen LogP contribution in [-0.4, -0.2) is 46.6 Å². The molecule has 188 valence electrons. The lowest BCUT2D eigenvalue weighted by molar-refractivity contribution is -0.116. The number of benzene rings is 2. The Labute approximate surface area is 218 Å². The van der Waals surface area contributed by atoms with E-state index in [-0.39, 0.29) is 24.1 Å². The average molecular weight is 528 g/mol. The minimum atomic E-state index is -0.297. The van der Waals surface area contributed by atoms with Crippen molar-refractivity contribution in [2.45, 2.75) is 18.2 Å². The molecule has 0 unspecified atom stereocenters. The molecule has 2 N–H and O–H groups in total. The van der Waals surface area contributed by atoms with Crippen molar-refractivity contribution in [3.05, 3.63) is 77.6 Å². The standard InChI is InChI=1S/C25H26ClN5O4S/c1-4-13-31-22(15-27-23(32)12-6-17-5-11-20(34-2)21(14-17)35-3)29-30-25(31)36-16-24(33)28-19-9-7-18(26)8-10-19/h4-12,14H,1,13,15-16H2,2-3H3,(H,27,32)(H,28,33). The van der Waals surface area contributed by atoms with Gasteiger partial charge in [-0.05, 0) is 48.0 Å². The van der Waals surface area contributed by atoms with Crippen LogP contribution >= 0.6 is 23.4 Å². The number of rotatable bonds is 12. The SMILES string of the molecule is C=CCn1c(CNC(=O)C=Cc2ccc(OC)c(OC)c2)nnc1SCC(=O)Nc1ccc(Cl)cc1. The van der Waals surface area contributed by atoms with Gasteiger partial charge in [0.05, 0.1) is 26.5 Å². The summed E-state index contributed by atoms with van der Waals surface area (Å²) in [5.74, 6) is 1.38.